The van der Waals surface area contributed by atoms with Gasteiger partial charge in [-0.2, -0.15) is 0 Å². The monoisotopic (exact) mass is 337 g/mol. The zero-order valence-corrected chi connectivity index (χ0v) is 14.4. The van der Waals surface area contributed by atoms with Crippen LogP contribution >= 0.6 is 0 Å². The summed E-state index contributed by atoms with van der Waals surface area (Å²) in [5.41, 5.74) is 2.78. The molecule has 0 saturated heterocycles. The zero-order chi connectivity index (χ0) is 17.2. The van der Waals surface area contributed by atoms with Crippen LogP contribution in [0.25, 0.3) is 0 Å². The Morgan fingerprint density at radius 3 is 2.64 bits per heavy atom. The van der Waals surface area contributed by atoms with Gasteiger partial charge in [-0.1, -0.05) is 36.4 Å². The van der Waals surface area contributed by atoms with Crippen molar-refractivity contribution in [2.24, 2.45) is 0 Å². The molecular weight excluding hydrogens is 314 g/mol. The maximum Gasteiger partial charge on any atom is 0.265 e. The lowest BCUT2D eigenvalue weighted by Crippen LogP contribution is -2.49. The first-order chi connectivity index (χ1) is 12.2. The molecule has 4 nitrogen and oxygen atoms in total. The van der Waals surface area contributed by atoms with Gasteiger partial charge in [-0.25, -0.2) is 0 Å². The van der Waals surface area contributed by atoms with E-state index in [2.05, 4.69) is 29.6 Å². The number of hydrogen-bond donors (Lipinski definition) is 1. The lowest BCUT2D eigenvalue weighted by molar-refractivity contribution is -0.133. The Hall–Kier alpha value is -2.49. The van der Waals surface area contributed by atoms with E-state index in [1.807, 2.05) is 31.2 Å². The summed E-state index contributed by atoms with van der Waals surface area (Å²) in [5, 5.41) is 3.08. The number of benzene rings is 2. The summed E-state index contributed by atoms with van der Waals surface area (Å²) in [4.78, 5) is 12.7. The van der Waals surface area contributed by atoms with Gasteiger partial charge in [0.15, 0.2) is 11.5 Å². The highest BCUT2D eigenvalue weighted by Crippen LogP contribution is 2.34. The number of nitrogens with one attached hydrogen (secondary N) is 1. The number of para-hydroxylation sites is 2. The molecule has 25 heavy (non-hydrogen) atoms. The van der Waals surface area contributed by atoms with Crippen molar-refractivity contribution in [2.45, 2.75) is 44.3 Å². The van der Waals surface area contributed by atoms with Gasteiger partial charge in [0.2, 0.25) is 6.10 Å². The molecule has 2 aliphatic rings. The van der Waals surface area contributed by atoms with Crippen LogP contribution in [-0.2, 0) is 11.2 Å². The van der Waals surface area contributed by atoms with Crippen LogP contribution in [0.1, 0.15) is 36.8 Å². The van der Waals surface area contributed by atoms with Gasteiger partial charge in [0.05, 0.1) is 0 Å². The first kappa shape index (κ1) is 16.0. The molecule has 1 amide bonds. The van der Waals surface area contributed by atoms with Crippen molar-refractivity contribution in [1.82, 2.24) is 5.32 Å². The van der Waals surface area contributed by atoms with Crippen LogP contribution in [-0.4, -0.2) is 24.7 Å². The second-order valence-electron chi connectivity index (χ2n) is 6.84. The second kappa shape index (κ2) is 6.79. The highest BCUT2D eigenvalue weighted by molar-refractivity contribution is 5.82. The summed E-state index contributed by atoms with van der Waals surface area (Å²) in [5.74, 6) is 1.59. The molecule has 1 N–H and O–H groups in total. The Kier molecular flexibility index (Phi) is 4.35. The third-order valence-corrected chi connectivity index (χ3v) is 5.12. The largest absolute Gasteiger partial charge is 0.482 e. The van der Waals surface area contributed by atoms with E-state index in [1.54, 1.807) is 0 Å². The van der Waals surface area contributed by atoms with Gasteiger partial charge in [-0.15, -0.1) is 0 Å². The van der Waals surface area contributed by atoms with Crippen molar-refractivity contribution in [3.8, 4) is 11.5 Å². The minimum Gasteiger partial charge on any atom is -0.482 e. The lowest BCUT2D eigenvalue weighted by Gasteiger charge is -2.32. The molecule has 130 valence electrons. The molecule has 3 atom stereocenters. The number of carbonyl (C=O) groups excluding carboxylic acids is 1. The van der Waals surface area contributed by atoms with Crippen LogP contribution in [0.2, 0.25) is 0 Å². The molecule has 1 heterocycles. The van der Waals surface area contributed by atoms with Crippen molar-refractivity contribution in [2.75, 3.05) is 6.54 Å². The minimum atomic E-state index is -0.617. The smallest absolute Gasteiger partial charge is 0.265 e. The molecule has 0 fully saturated rings. The third-order valence-electron chi connectivity index (χ3n) is 5.12. The van der Waals surface area contributed by atoms with Gasteiger partial charge in [-0.3, -0.25) is 4.79 Å². The molecule has 4 rings (SSSR count). The maximum absolute atomic E-state index is 12.7. The average molecular weight is 337 g/mol. The minimum absolute atomic E-state index is 0.106. The van der Waals surface area contributed by atoms with Gasteiger partial charge >= 0.3 is 0 Å². The van der Waals surface area contributed by atoms with Gasteiger partial charge in [-0.05, 0) is 49.4 Å². The molecule has 0 spiro atoms. The molecule has 4 heteroatoms. The maximum atomic E-state index is 12.7. The molecule has 2 aromatic carbocycles. The number of aryl methyl sites for hydroxylation is 1. The fourth-order valence-corrected chi connectivity index (χ4v) is 3.80. The summed E-state index contributed by atoms with van der Waals surface area (Å²) >= 11 is 0. The van der Waals surface area contributed by atoms with Crippen molar-refractivity contribution in [1.29, 1.82) is 0 Å². The number of carbonyl (C=O) groups is 1. The molecule has 0 radical (unpaired) electrons. The summed E-state index contributed by atoms with van der Waals surface area (Å²) in [7, 11) is 0. The van der Waals surface area contributed by atoms with Gasteiger partial charge < -0.3 is 14.8 Å². The molecule has 1 aliphatic carbocycles. The first-order valence-corrected chi connectivity index (χ1v) is 9.00. The van der Waals surface area contributed by atoms with E-state index in [-0.39, 0.29) is 12.0 Å². The van der Waals surface area contributed by atoms with Crippen molar-refractivity contribution in [3.05, 3.63) is 59.7 Å². The second-order valence-corrected chi connectivity index (χ2v) is 6.84. The topological polar surface area (TPSA) is 47.6 Å². The van der Waals surface area contributed by atoms with E-state index in [0.29, 0.717) is 24.0 Å². The number of fused-ring (bicyclic) bond motifs is 2. The first-order valence-electron chi connectivity index (χ1n) is 9.00. The van der Waals surface area contributed by atoms with E-state index in [1.165, 1.54) is 17.5 Å². The van der Waals surface area contributed by atoms with Gasteiger partial charge in [0.1, 0.15) is 6.10 Å². The molecule has 0 aromatic heterocycles. The standard InChI is InChI=1S/C21H23NO3/c1-14-20(25-19-12-5-4-11-18(19)24-14)21(23)22-13-16-9-6-8-15-7-2-3-10-17(15)16/h2-5,7,10-12,14,16,20H,6,8-9,13H2,1H3,(H,22,23). The van der Waals surface area contributed by atoms with Crippen molar-refractivity contribution >= 4 is 5.91 Å². The Bertz CT molecular complexity index is 773. The SMILES string of the molecule is CC1Oc2ccccc2OC1C(=O)NCC1CCCc2ccccc21. The number of hydrogen-bond acceptors (Lipinski definition) is 3. The quantitative estimate of drug-likeness (QED) is 0.933. The fourth-order valence-electron chi connectivity index (χ4n) is 3.80. The summed E-state index contributed by atoms with van der Waals surface area (Å²) < 4.78 is 11.7. The summed E-state index contributed by atoms with van der Waals surface area (Å²) in [6.45, 7) is 2.51. The molecule has 0 saturated carbocycles. The zero-order valence-electron chi connectivity index (χ0n) is 14.4. The van der Waals surface area contributed by atoms with Crippen LogP contribution < -0.4 is 14.8 Å². The summed E-state index contributed by atoms with van der Waals surface area (Å²) in [6.07, 6.45) is 2.48. The van der Waals surface area contributed by atoms with Crippen molar-refractivity contribution in [3.63, 3.8) is 0 Å². The van der Waals surface area contributed by atoms with Crippen LogP contribution in [0.4, 0.5) is 0 Å². The molecule has 3 unspecified atom stereocenters. The molecule has 1 aliphatic heterocycles. The average Bonchev–Trinajstić information content (AvgIpc) is 2.65. The van der Waals surface area contributed by atoms with Crippen LogP contribution in [0.15, 0.2) is 48.5 Å². The van der Waals surface area contributed by atoms with Gasteiger partial charge in [0, 0.05) is 12.5 Å². The number of ether oxygens (including phenoxy) is 2. The lowest BCUT2D eigenvalue weighted by atomic mass is 9.83. The predicted molar refractivity (Wildman–Crippen MR) is 96.1 cm³/mol. The highest BCUT2D eigenvalue weighted by Gasteiger charge is 2.34. The van der Waals surface area contributed by atoms with Crippen molar-refractivity contribution < 1.29 is 14.3 Å². The number of rotatable bonds is 3. The highest BCUT2D eigenvalue weighted by atomic mass is 16.6. The molecule has 2 aromatic rings. The van der Waals surface area contributed by atoms with Crippen LogP contribution in [0.3, 0.4) is 0 Å². The predicted octanol–water partition coefficient (Wildman–Crippen LogP) is 3.45. The van der Waals surface area contributed by atoms with E-state index >= 15 is 0 Å². The van der Waals surface area contributed by atoms with E-state index < -0.39 is 6.10 Å². The Morgan fingerprint density at radius 1 is 1.08 bits per heavy atom. The molecular formula is C21H23NO3. The Labute approximate surface area is 148 Å². The fraction of sp³-hybridized carbons (Fsp3) is 0.381. The van der Waals surface area contributed by atoms with E-state index in [0.717, 1.165) is 12.8 Å². The normalized spacial score (nSPS) is 24.3. The van der Waals surface area contributed by atoms with Crippen LogP contribution in [0, 0.1) is 0 Å². The third kappa shape index (κ3) is 3.21. The van der Waals surface area contributed by atoms with E-state index in [4.69, 9.17) is 9.47 Å². The van der Waals surface area contributed by atoms with E-state index in [9.17, 15) is 4.79 Å². The Balaban J connectivity index is 1.42. The van der Waals surface area contributed by atoms with Gasteiger partial charge in [0.25, 0.3) is 5.91 Å². The number of amides is 1. The summed E-state index contributed by atoms with van der Waals surface area (Å²) in [6, 6.07) is 16.0. The Morgan fingerprint density at radius 2 is 1.80 bits per heavy atom. The van der Waals surface area contributed by atoms with Crippen LogP contribution in [0.5, 0.6) is 11.5 Å². The molecule has 0 bridgehead atoms.